The van der Waals surface area contributed by atoms with Crippen LogP contribution in [0.4, 0.5) is 4.39 Å². The number of sulfone groups is 1. The van der Waals surface area contributed by atoms with E-state index < -0.39 is 9.84 Å². The van der Waals surface area contributed by atoms with Gasteiger partial charge in [-0.25, -0.2) is 12.8 Å². The summed E-state index contributed by atoms with van der Waals surface area (Å²) in [6.45, 7) is 2.30. The van der Waals surface area contributed by atoms with Gasteiger partial charge in [0.05, 0.1) is 5.75 Å². The Kier molecular flexibility index (Phi) is 5.09. The van der Waals surface area contributed by atoms with Gasteiger partial charge in [-0.05, 0) is 24.6 Å². The fraction of sp³-hybridized carbons (Fsp3) is 0.455. The molecular formula is C11H15BrFNO2S. The molecule has 96 valence electrons. The predicted molar refractivity (Wildman–Crippen MR) is 70.1 cm³/mol. The van der Waals surface area contributed by atoms with E-state index in [0.29, 0.717) is 11.0 Å². The number of halogens is 2. The third-order valence-corrected chi connectivity index (χ3v) is 4.05. The SMILES string of the molecule is CC(CS(C)(=O)=O)NCc1ccc(F)cc1Br. The average molecular weight is 324 g/mol. The topological polar surface area (TPSA) is 46.2 Å². The van der Waals surface area contributed by atoms with Crippen LogP contribution in [0.25, 0.3) is 0 Å². The molecule has 0 heterocycles. The molecule has 0 aliphatic carbocycles. The molecule has 1 aromatic carbocycles. The third-order valence-electron chi connectivity index (χ3n) is 2.21. The average Bonchev–Trinajstić information content (AvgIpc) is 2.13. The molecule has 1 atom stereocenters. The molecule has 0 spiro atoms. The summed E-state index contributed by atoms with van der Waals surface area (Å²) >= 11 is 3.26. The van der Waals surface area contributed by atoms with Crippen molar-refractivity contribution in [2.45, 2.75) is 19.5 Å². The molecule has 1 N–H and O–H groups in total. The normalized spacial score (nSPS) is 13.6. The lowest BCUT2D eigenvalue weighted by atomic mass is 10.2. The molecule has 0 saturated heterocycles. The van der Waals surface area contributed by atoms with Gasteiger partial charge in [-0.3, -0.25) is 0 Å². The number of hydrogen-bond donors (Lipinski definition) is 1. The zero-order valence-electron chi connectivity index (χ0n) is 9.70. The van der Waals surface area contributed by atoms with Crippen molar-refractivity contribution in [3.05, 3.63) is 34.1 Å². The van der Waals surface area contributed by atoms with Crippen molar-refractivity contribution >= 4 is 25.8 Å². The number of rotatable bonds is 5. The van der Waals surface area contributed by atoms with Crippen molar-refractivity contribution < 1.29 is 12.8 Å². The Balaban J connectivity index is 2.56. The molecule has 1 unspecified atom stereocenters. The van der Waals surface area contributed by atoms with Crippen LogP contribution in [0.3, 0.4) is 0 Å². The molecule has 0 bridgehead atoms. The van der Waals surface area contributed by atoms with Crippen molar-refractivity contribution in [1.82, 2.24) is 5.32 Å². The van der Waals surface area contributed by atoms with Crippen molar-refractivity contribution in [2.24, 2.45) is 0 Å². The van der Waals surface area contributed by atoms with Crippen molar-refractivity contribution in [3.63, 3.8) is 0 Å². The van der Waals surface area contributed by atoms with Crippen LogP contribution in [0.2, 0.25) is 0 Å². The van der Waals surface area contributed by atoms with Crippen molar-refractivity contribution in [3.8, 4) is 0 Å². The van der Waals surface area contributed by atoms with Crippen LogP contribution in [0.15, 0.2) is 22.7 Å². The summed E-state index contributed by atoms with van der Waals surface area (Å²) in [6, 6.07) is 4.29. The first-order valence-electron chi connectivity index (χ1n) is 5.13. The van der Waals surface area contributed by atoms with Gasteiger partial charge in [-0.15, -0.1) is 0 Å². The molecule has 0 saturated carbocycles. The van der Waals surface area contributed by atoms with Gasteiger partial charge >= 0.3 is 0 Å². The summed E-state index contributed by atoms with van der Waals surface area (Å²) in [4.78, 5) is 0. The summed E-state index contributed by atoms with van der Waals surface area (Å²) < 4.78 is 35.6. The molecule has 0 aliphatic heterocycles. The Bertz CT molecular complexity index is 490. The first-order valence-corrected chi connectivity index (χ1v) is 7.98. The maximum absolute atomic E-state index is 12.8. The van der Waals surface area contributed by atoms with Gasteiger partial charge in [0, 0.05) is 23.3 Å². The smallest absolute Gasteiger partial charge is 0.148 e. The van der Waals surface area contributed by atoms with Crippen LogP contribution >= 0.6 is 15.9 Å². The summed E-state index contributed by atoms with van der Waals surface area (Å²) in [5.41, 5.74) is 0.895. The highest BCUT2D eigenvalue weighted by Crippen LogP contribution is 2.17. The molecule has 17 heavy (non-hydrogen) atoms. The van der Waals surface area contributed by atoms with E-state index in [4.69, 9.17) is 0 Å². The van der Waals surface area contributed by atoms with E-state index in [0.717, 1.165) is 5.56 Å². The lowest BCUT2D eigenvalue weighted by Crippen LogP contribution is -2.32. The summed E-state index contributed by atoms with van der Waals surface area (Å²) in [5.74, 6) is -0.212. The molecule has 3 nitrogen and oxygen atoms in total. The Morgan fingerprint density at radius 3 is 2.65 bits per heavy atom. The van der Waals surface area contributed by atoms with Crippen LogP contribution in [0.5, 0.6) is 0 Å². The fourth-order valence-electron chi connectivity index (χ4n) is 1.46. The summed E-state index contributed by atoms with van der Waals surface area (Å²) in [5, 5.41) is 3.08. The van der Waals surface area contributed by atoms with Gasteiger partial charge in [0.25, 0.3) is 0 Å². The van der Waals surface area contributed by atoms with Crippen LogP contribution in [-0.2, 0) is 16.4 Å². The van der Waals surface area contributed by atoms with Crippen LogP contribution in [0.1, 0.15) is 12.5 Å². The largest absolute Gasteiger partial charge is 0.309 e. The molecular weight excluding hydrogens is 309 g/mol. The minimum atomic E-state index is -2.98. The molecule has 0 fully saturated rings. The van der Waals surface area contributed by atoms with Gasteiger partial charge in [-0.1, -0.05) is 22.0 Å². The van der Waals surface area contributed by atoms with E-state index in [9.17, 15) is 12.8 Å². The minimum Gasteiger partial charge on any atom is -0.309 e. The highest BCUT2D eigenvalue weighted by atomic mass is 79.9. The van der Waals surface area contributed by atoms with Gasteiger partial charge in [0.2, 0.25) is 0 Å². The molecule has 1 aromatic rings. The molecule has 1 rings (SSSR count). The predicted octanol–water partition coefficient (Wildman–Crippen LogP) is 2.11. The Morgan fingerprint density at radius 1 is 1.47 bits per heavy atom. The van der Waals surface area contributed by atoms with Gasteiger partial charge in [-0.2, -0.15) is 0 Å². The fourth-order valence-corrected chi connectivity index (χ4v) is 2.98. The van der Waals surface area contributed by atoms with E-state index in [1.165, 1.54) is 18.4 Å². The molecule has 0 amide bonds. The molecule has 6 heteroatoms. The second kappa shape index (κ2) is 5.93. The van der Waals surface area contributed by atoms with Crippen LogP contribution < -0.4 is 5.32 Å². The highest BCUT2D eigenvalue weighted by Gasteiger charge is 2.10. The first-order chi connectivity index (χ1) is 7.78. The number of benzene rings is 1. The Morgan fingerprint density at radius 2 is 2.12 bits per heavy atom. The Hall–Kier alpha value is -0.460. The van der Waals surface area contributed by atoms with Crippen molar-refractivity contribution in [1.29, 1.82) is 0 Å². The van der Waals surface area contributed by atoms with Crippen molar-refractivity contribution in [2.75, 3.05) is 12.0 Å². The van der Waals surface area contributed by atoms with Gasteiger partial charge in [0.15, 0.2) is 0 Å². The summed E-state index contributed by atoms with van der Waals surface area (Å²) in [6.07, 6.45) is 1.21. The monoisotopic (exact) mass is 323 g/mol. The van der Waals surface area contributed by atoms with E-state index >= 15 is 0 Å². The second-order valence-electron chi connectivity index (χ2n) is 4.11. The zero-order valence-corrected chi connectivity index (χ0v) is 12.1. The van der Waals surface area contributed by atoms with Gasteiger partial charge < -0.3 is 5.32 Å². The van der Waals surface area contributed by atoms with Crippen LogP contribution in [0, 0.1) is 5.82 Å². The second-order valence-corrected chi connectivity index (χ2v) is 7.15. The zero-order chi connectivity index (χ0) is 13.1. The standard InChI is InChI=1S/C11H15BrFNO2S/c1-8(7-17(2,15)16)14-6-9-3-4-10(13)5-11(9)12/h3-5,8,14H,6-7H2,1-2H3. The lowest BCUT2D eigenvalue weighted by Gasteiger charge is -2.13. The lowest BCUT2D eigenvalue weighted by molar-refractivity contribution is 0.559. The minimum absolute atomic E-state index is 0.0891. The quantitative estimate of drug-likeness (QED) is 0.902. The van der Waals surface area contributed by atoms with E-state index in [-0.39, 0.29) is 17.6 Å². The maximum atomic E-state index is 12.8. The van der Waals surface area contributed by atoms with Gasteiger partial charge in [0.1, 0.15) is 15.7 Å². The molecule has 0 aliphatic rings. The Labute approximate surface area is 109 Å². The first kappa shape index (κ1) is 14.6. The summed E-state index contributed by atoms with van der Waals surface area (Å²) in [7, 11) is -2.98. The molecule has 0 aromatic heterocycles. The number of hydrogen-bond acceptors (Lipinski definition) is 3. The van der Waals surface area contributed by atoms with E-state index in [2.05, 4.69) is 21.2 Å². The van der Waals surface area contributed by atoms with E-state index in [1.807, 2.05) is 0 Å². The van der Waals surface area contributed by atoms with Crippen LogP contribution in [-0.4, -0.2) is 26.5 Å². The maximum Gasteiger partial charge on any atom is 0.148 e. The number of nitrogens with one attached hydrogen (secondary N) is 1. The third kappa shape index (κ3) is 5.61. The highest BCUT2D eigenvalue weighted by molar-refractivity contribution is 9.10. The molecule has 0 radical (unpaired) electrons. The van der Waals surface area contributed by atoms with E-state index in [1.54, 1.807) is 13.0 Å².